The molecule has 1 aromatic heterocycles. The molecule has 4 heteroatoms. The lowest BCUT2D eigenvalue weighted by atomic mass is 9.90. The number of likely N-dealkylation sites (N-methyl/N-ethyl adjacent to an activating group) is 1. The molecule has 0 saturated carbocycles. The number of imidazole rings is 1. The second-order valence-electron chi connectivity index (χ2n) is 4.58. The summed E-state index contributed by atoms with van der Waals surface area (Å²) in [6, 6.07) is 0. The number of Topliss-reactive ketones (excluding diaryl/α,β-unsaturated/α-hetero) is 1. The van der Waals surface area contributed by atoms with E-state index in [0.29, 0.717) is 6.42 Å². The smallest absolute Gasteiger partial charge is 0.160 e. The van der Waals surface area contributed by atoms with Crippen LogP contribution in [0.25, 0.3) is 0 Å². The van der Waals surface area contributed by atoms with E-state index in [1.165, 1.54) is 0 Å². The normalized spacial score (nSPS) is 15.1. The number of rotatable bonds is 5. The Hall–Kier alpha value is -1.16. The second kappa shape index (κ2) is 4.78. The van der Waals surface area contributed by atoms with Crippen LogP contribution in [0, 0.1) is 0 Å². The molecule has 0 aromatic carbocycles. The molecule has 0 spiro atoms. The zero-order chi connectivity index (χ0) is 12.3. The highest BCUT2D eigenvalue weighted by atomic mass is 16.1. The summed E-state index contributed by atoms with van der Waals surface area (Å²) in [6.07, 6.45) is 4.79. The average molecular weight is 223 g/mol. The standard InChI is InChI=1S/C12H21N3O/c1-6-12(2,14(3)4)10(16)9-11-13-7-8-15(11)5/h7-8H,6,9H2,1-5H3. The first kappa shape index (κ1) is 12.9. The van der Waals surface area contributed by atoms with E-state index in [0.717, 1.165) is 12.2 Å². The summed E-state index contributed by atoms with van der Waals surface area (Å²) in [5, 5.41) is 0. The van der Waals surface area contributed by atoms with E-state index in [1.54, 1.807) is 6.20 Å². The fourth-order valence-electron chi connectivity index (χ4n) is 1.66. The molecule has 0 radical (unpaired) electrons. The van der Waals surface area contributed by atoms with Crippen LogP contribution < -0.4 is 0 Å². The van der Waals surface area contributed by atoms with Crippen molar-refractivity contribution >= 4 is 5.78 Å². The van der Waals surface area contributed by atoms with Crippen molar-refractivity contribution in [2.45, 2.75) is 32.2 Å². The Kier molecular flexibility index (Phi) is 3.86. The molecule has 1 heterocycles. The molecule has 0 aliphatic carbocycles. The van der Waals surface area contributed by atoms with Crippen LogP contribution in [0.5, 0.6) is 0 Å². The fourth-order valence-corrected chi connectivity index (χ4v) is 1.66. The molecule has 4 nitrogen and oxygen atoms in total. The highest BCUT2D eigenvalue weighted by Gasteiger charge is 2.33. The Morgan fingerprint density at radius 3 is 2.56 bits per heavy atom. The molecule has 0 fully saturated rings. The van der Waals surface area contributed by atoms with Crippen LogP contribution in [-0.2, 0) is 18.3 Å². The van der Waals surface area contributed by atoms with Gasteiger partial charge in [0.25, 0.3) is 0 Å². The van der Waals surface area contributed by atoms with Gasteiger partial charge in [-0.2, -0.15) is 0 Å². The van der Waals surface area contributed by atoms with Gasteiger partial charge in [-0.1, -0.05) is 6.92 Å². The van der Waals surface area contributed by atoms with Gasteiger partial charge in [-0.05, 0) is 27.4 Å². The van der Waals surface area contributed by atoms with Crippen LogP contribution in [-0.4, -0.2) is 39.9 Å². The van der Waals surface area contributed by atoms with Crippen LogP contribution >= 0.6 is 0 Å². The molecule has 0 aliphatic heterocycles. The summed E-state index contributed by atoms with van der Waals surface area (Å²) >= 11 is 0. The van der Waals surface area contributed by atoms with E-state index in [-0.39, 0.29) is 5.78 Å². The van der Waals surface area contributed by atoms with Gasteiger partial charge >= 0.3 is 0 Å². The Morgan fingerprint density at radius 1 is 1.56 bits per heavy atom. The van der Waals surface area contributed by atoms with Crippen LogP contribution in [0.3, 0.4) is 0 Å². The van der Waals surface area contributed by atoms with Crippen molar-refractivity contribution in [1.82, 2.24) is 14.5 Å². The van der Waals surface area contributed by atoms with Gasteiger partial charge in [0, 0.05) is 19.4 Å². The number of aryl methyl sites for hydroxylation is 1. The number of carbonyl (C=O) groups excluding carboxylic acids is 1. The molecule has 0 N–H and O–H groups in total. The van der Waals surface area contributed by atoms with Crippen molar-refractivity contribution in [1.29, 1.82) is 0 Å². The predicted molar refractivity (Wildman–Crippen MR) is 64.3 cm³/mol. The maximum Gasteiger partial charge on any atom is 0.160 e. The number of hydrogen-bond acceptors (Lipinski definition) is 3. The van der Waals surface area contributed by atoms with Crippen LogP contribution in [0.4, 0.5) is 0 Å². The van der Waals surface area contributed by atoms with Crippen LogP contribution in [0.1, 0.15) is 26.1 Å². The van der Waals surface area contributed by atoms with Gasteiger partial charge < -0.3 is 4.57 Å². The molecule has 1 unspecified atom stereocenters. The number of carbonyl (C=O) groups is 1. The van der Waals surface area contributed by atoms with Crippen molar-refractivity contribution in [2.75, 3.05) is 14.1 Å². The zero-order valence-corrected chi connectivity index (χ0v) is 10.8. The van der Waals surface area contributed by atoms with Crippen LogP contribution in [0.2, 0.25) is 0 Å². The highest BCUT2D eigenvalue weighted by Crippen LogP contribution is 2.19. The lowest BCUT2D eigenvalue weighted by Gasteiger charge is -2.33. The van der Waals surface area contributed by atoms with Gasteiger partial charge in [0.1, 0.15) is 5.82 Å². The Morgan fingerprint density at radius 2 is 2.19 bits per heavy atom. The van der Waals surface area contributed by atoms with E-state index in [9.17, 15) is 4.79 Å². The molecular formula is C12H21N3O. The van der Waals surface area contributed by atoms with Crippen molar-refractivity contribution in [3.8, 4) is 0 Å². The summed E-state index contributed by atoms with van der Waals surface area (Å²) in [6.45, 7) is 4.02. The highest BCUT2D eigenvalue weighted by molar-refractivity contribution is 5.89. The Balaban J connectivity index is 2.83. The van der Waals surface area contributed by atoms with E-state index in [2.05, 4.69) is 4.98 Å². The lowest BCUT2D eigenvalue weighted by Crippen LogP contribution is -2.48. The summed E-state index contributed by atoms with van der Waals surface area (Å²) in [5.74, 6) is 1.04. The summed E-state index contributed by atoms with van der Waals surface area (Å²) in [5.41, 5.74) is -0.397. The van der Waals surface area contributed by atoms with Gasteiger partial charge in [-0.3, -0.25) is 9.69 Å². The minimum absolute atomic E-state index is 0.217. The van der Waals surface area contributed by atoms with E-state index < -0.39 is 5.54 Å². The van der Waals surface area contributed by atoms with Crippen LogP contribution in [0.15, 0.2) is 12.4 Å². The third-order valence-electron chi connectivity index (χ3n) is 3.52. The summed E-state index contributed by atoms with van der Waals surface area (Å²) in [7, 11) is 5.80. The maximum absolute atomic E-state index is 12.3. The van der Waals surface area contributed by atoms with E-state index in [4.69, 9.17) is 0 Å². The number of nitrogens with zero attached hydrogens (tertiary/aromatic N) is 3. The Labute approximate surface area is 97.3 Å². The van der Waals surface area contributed by atoms with E-state index in [1.807, 2.05) is 50.7 Å². The largest absolute Gasteiger partial charge is 0.338 e. The number of ketones is 1. The molecule has 16 heavy (non-hydrogen) atoms. The monoisotopic (exact) mass is 223 g/mol. The molecule has 1 aromatic rings. The second-order valence-corrected chi connectivity index (χ2v) is 4.58. The molecule has 0 aliphatic rings. The zero-order valence-electron chi connectivity index (χ0n) is 10.8. The minimum atomic E-state index is -0.397. The molecule has 0 bridgehead atoms. The molecular weight excluding hydrogens is 202 g/mol. The first-order valence-electron chi connectivity index (χ1n) is 5.58. The molecule has 1 atom stereocenters. The number of aromatic nitrogens is 2. The minimum Gasteiger partial charge on any atom is -0.338 e. The third-order valence-corrected chi connectivity index (χ3v) is 3.52. The average Bonchev–Trinajstić information content (AvgIpc) is 2.62. The fraction of sp³-hybridized carbons (Fsp3) is 0.667. The summed E-state index contributed by atoms with van der Waals surface area (Å²) in [4.78, 5) is 18.4. The van der Waals surface area contributed by atoms with Crippen molar-refractivity contribution in [3.05, 3.63) is 18.2 Å². The van der Waals surface area contributed by atoms with Gasteiger partial charge in [0.2, 0.25) is 0 Å². The van der Waals surface area contributed by atoms with Crippen molar-refractivity contribution in [3.63, 3.8) is 0 Å². The van der Waals surface area contributed by atoms with Crippen molar-refractivity contribution in [2.24, 2.45) is 7.05 Å². The van der Waals surface area contributed by atoms with Gasteiger partial charge in [0.05, 0.1) is 12.0 Å². The van der Waals surface area contributed by atoms with Gasteiger partial charge in [-0.25, -0.2) is 4.98 Å². The third kappa shape index (κ3) is 2.32. The Bertz CT molecular complexity index is 370. The van der Waals surface area contributed by atoms with E-state index >= 15 is 0 Å². The predicted octanol–water partition coefficient (Wildman–Crippen LogP) is 1.26. The lowest BCUT2D eigenvalue weighted by molar-refractivity contribution is -0.128. The number of hydrogen-bond donors (Lipinski definition) is 0. The van der Waals surface area contributed by atoms with Crippen molar-refractivity contribution < 1.29 is 4.79 Å². The SMILES string of the molecule is CCC(C)(C(=O)Cc1nccn1C)N(C)C. The molecule has 90 valence electrons. The molecule has 1 rings (SSSR count). The first-order valence-corrected chi connectivity index (χ1v) is 5.58. The topological polar surface area (TPSA) is 38.1 Å². The maximum atomic E-state index is 12.3. The molecule has 0 saturated heterocycles. The van der Waals surface area contributed by atoms with Gasteiger partial charge in [0.15, 0.2) is 5.78 Å². The quantitative estimate of drug-likeness (QED) is 0.754. The summed E-state index contributed by atoms with van der Waals surface area (Å²) < 4.78 is 1.89. The van der Waals surface area contributed by atoms with Gasteiger partial charge in [-0.15, -0.1) is 0 Å². The first-order chi connectivity index (χ1) is 7.41. The molecule has 0 amide bonds.